The predicted octanol–water partition coefficient (Wildman–Crippen LogP) is 8.14. The van der Waals surface area contributed by atoms with Crippen molar-refractivity contribution in [1.29, 1.82) is 0 Å². The Balaban J connectivity index is 1.42. The molecule has 5 aromatic carbocycles. The first-order chi connectivity index (χ1) is 19.9. The lowest BCUT2D eigenvalue weighted by Crippen LogP contribution is -2.27. The normalized spacial score (nSPS) is 11.8. The average Bonchev–Trinajstić information content (AvgIpc) is 3.44. The smallest absolute Gasteiger partial charge is 0.335 e. The molecule has 41 heavy (non-hydrogen) atoms. The van der Waals surface area contributed by atoms with Crippen LogP contribution in [0.2, 0.25) is 0 Å². The lowest BCUT2D eigenvalue weighted by molar-refractivity contribution is 0.0696. The van der Waals surface area contributed by atoms with Crippen LogP contribution >= 0.6 is 11.3 Å². The molecule has 0 aliphatic heterocycles. The van der Waals surface area contributed by atoms with Crippen LogP contribution in [0, 0.1) is 0 Å². The van der Waals surface area contributed by atoms with E-state index in [1.54, 1.807) is 12.1 Å². The lowest BCUT2D eigenvalue weighted by atomic mass is 9.94. The Hall–Kier alpha value is -5.07. The molecule has 0 saturated heterocycles. The van der Waals surface area contributed by atoms with Gasteiger partial charge in [-0.1, -0.05) is 78.9 Å². The van der Waals surface area contributed by atoms with Crippen molar-refractivity contribution in [3.05, 3.63) is 142 Å². The largest absolute Gasteiger partial charge is 0.478 e. The van der Waals surface area contributed by atoms with Gasteiger partial charge in [-0.2, -0.15) is 0 Å². The van der Waals surface area contributed by atoms with E-state index < -0.39 is 5.97 Å². The molecule has 1 amide bonds. The molecule has 0 bridgehead atoms. The number of carboxylic acid groups (broad SMARTS) is 1. The second-order valence-corrected chi connectivity index (χ2v) is 10.8. The number of carbonyl (C=O) groups is 3. The maximum atomic E-state index is 13.9. The highest BCUT2D eigenvalue weighted by atomic mass is 32.1. The highest BCUT2D eigenvalue weighted by Crippen LogP contribution is 2.36. The molecule has 2 N–H and O–H groups in total. The van der Waals surface area contributed by atoms with E-state index in [0.717, 1.165) is 32.2 Å². The van der Waals surface area contributed by atoms with E-state index in [0.29, 0.717) is 22.1 Å². The Kier molecular flexibility index (Phi) is 6.91. The lowest BCUT2D eigenvalue weighted by Gasteiger charge is -2.16. The summed E-state index contributed by atoms with van der Waals surface area (Å²) >= 11 is 1.44. The average molecular weight is 556 g/mol. The van der Waals surface area contributed by atoms with Gasteiger partial charge in [0, 0.05) is 32.2 Å². The molecule has 200 valence electrons. The van der Waals surface area contributed by atoms with E-state index in [2.05, 4.69) is 5.32 Å². The maximum absolute atomic E-state index is 13.9. The van der Waals surface area contributed by atoms with Crippen molar-refractivity contribution in [3.8, 4) is 11.1 Å². The van der Waals surface area contributed by atoms with Crippen molar-refractivity contribution in [2.75, 3.05) is 0 Å². The molecule has 6 heteroatoms. The summed E-state index contributed by atoms with van der Waals surface area (Å²) in [6, 6.07) is 33.3. The van der Waals surface area contributed by atoms with Crippen molar-refractivity contribution in [3.63, 3.8) is 0 Å². The number of carboxylic acids is 1. The van der Waals surface area contributed by atoms with E-state index in [4.69, 9.17) is 0 Å². The standard InChI is InChI=1S/C35H25NO4S/c1-21(22-11-14-25(15-12-22)35(39)40)36-34(38)29-18-28(23-7-3-2-4-8-23)19-31-32(29)30(20-41-31)33(37)27-16-13-24-9-5-6-10-26(24)17-27/h2-21H,1H3,(H,36,38)(H,39,40)/t21-/m0/s1. The van der Waals surface area contributed by atoms with E-state index in [9.17, 15) is 19.5 Å². The number of hydrogen-bond donors (Lipinski definition) is 2. The summed E-state index contributed by atoms with van der Waals surface area (Å²) < 4.78 is 0.846. The Morgan fingerprint density at radius 1 is 0.707 bits per heavy atom. The molecule has 0 saturated carbocycles. The van der Waals surface area contributed by atoms with Crippen LogP contribution < -0.4 is 5.32 Å². The van der Waals surface area contributed by atoms with E-state index in [1.165, 1.54) is 23.5 Å². The number of ketones is 1. The summed E-state index contributed by atoms with van der Waals surface area (Å²) in [6.07, 6.45) is 0. The first-order valence-electron chi connectivity index (χ1n) is 13.2. The van der Waals surface area contributed by atoms with Crippen LogP contribution in [0.5, 0.6) is 0 Å². The molecule has 0 aliphatic carbocycles. The first kappa shape index (κ1) is 26.2. The van der Waals surface area contributed by atoms with Gasteiger partial charge in [0.1, 0.15) is 0 Å². The number of carbonyl (C=O) groups excluding carboxylic acids is 2. The van der Waals surface area contributed by atoms with Gasteiger partial charge in [0.15, 0.2) is 5.78 Å². The fourth-order valence-corrected chi connectivity index (χ4v) is 6.07. The van der Waals surface area contributed by atoms with Crippen LogP contribution in [0.25, 0.3) is 32.0 Å². The van der Waals surface area contributed by atoms with E-state index in [1.807, 2.05) is 97.2 Å². The SMILES string of the molecule is C[C@H](NC(=O)c1cc(-c2ccccc2)cc2scc(C(=O)c3ccc4ccccc4c3)c12)c1ccc(C(=O)O)cc1. The van der Waals surface area contributed by atoms with Gasteiger partial charge < -0.3 is 10.4 Å². The van der Waals surface area contributed by atoms with Crippen LogP contribution in [0.4, 0.5) is 0 Å². The van der Waals surface area contributed by atoms with Crippen LogP contribution in [-0.4, -0.2) is 22.8 Å². The zero-order valence-electron chi connectivity index (χ0n) is 22.1. The summed E-state index contributed by atoms with van der Waals surface area (Å²) in [5.74, 6) is -1.45. The van der Waals surface area contributed by atoms with Gasteiger partial charge >= 0.3 is 5.97 Å². The molecule has 0 unspecified atom stereocenters. The highest BCUT2D eigenvalue weighted by Gasteiger charge is 2.23. The summed E-state index contributed by atoms with van der Waals surface area (Å²) in [5.41, 5.74) is 4.28. The predicted molar refractivity (Wildman–Crippen MR) is 164 cm³/mol. The summed E-state index contributed by atoms with van der Waals surface area (Å²) in [4.78, 5) is 39.0. The second kappa shape index (κ2) is 10.8. The summed E-state index contributed by atoms with van der Waals surface area (Å²) in [7, 11) is 0. The summed E-state index contributed by atoms with van der Waals surface area (Å²) in [5, 5.41) is 16.8. The topological polar surface area (TPSA) is 83.5 Å². The molecule has 0 radical (unpaired) electrons. The third-order valence-electron chi connectivity index (χ3n) is 7.29. The highest BCUT2D eigenvalue weighted by molar-refractivity contribution is 7.17. The number of benzene rings is 5. The van der Waals surface area contributed by atoms with Gasteiger partial charge in [0.05, 0.1) is 11.6 Å². The third kappa shape index (κ3) is 5.13. The van der Waals surface area contributed by atoms with Crippen molar-refractivity contribution >= 4 is 49.9 Å². The molecule has 5 nitrogen and oxygen atoms in total. The maximum Gasteiger partial charge on any atom is 0.335 e. The minimum absolute atomic E-state index is 0.138. The molecular formula is C35H25NO4S. The minimum atomic E-state index is -1.01. The van der Waals surface area contributed by atoms with Crippen molar-refractivity contribution in [1.82, 2.24) is 5.32 Å². The van der Waals surface area contributed by atoms with Gasteiger partial charge in [0.25, 0.3) is 5.91 Å². The molecule has 0 spiro atoms. The molecule has 6 rings (SSSR count). The van der Waals surface area contributed by atoms with Crippen LogP contribution in [0.3, 0.4) is 0 Å². The van der Waals surface area contributed by atoms with Crippen molar-refractivity contribution < 1.29 is 19.5 Å². The number of amides is 1. The second-order valence-electron chi connectivity index (χ2n) is 9.93. The van der Waals surface area contributed by atoms with Gasteiger partial charge in [-0.05, 0) is 64.7 Å². The van der Waals surface area contributed by atoms with Crippen LogP contribution in [0.1, 0.15) is 55.2 Å². The Morgan fingerprint density at radius 3 is 2.12 bits per heavy atom. The molecule has 0 aliphatic rings. The third-order valence-corrected chi connectivity index (χ3v) is 8.22. The summed E-state index contributed by atoms with van der Waals surface area (Å²) in [6.45, 7) is 1.85. The van der Waals surface area contributed by atoms with Gasteiger partial charge in [-0.25, -0.2) is 4.79 Å². The van der Waals surface area contributed by atoms with Crippen molar-refractivity contribution in [2.24, 2.45) is 0 Å². The Bertz CT molecular complexity index is 1940. The quantitative estimate of drug-likeness (QED) is 0.195. The van der Waals surface area contributed by atoms with E-state index in [-0.39, 0.29) is 23.3 Å². The van der Waals surface area contributed by atoms with E-state index >= 15 is 0 Å². The van der Waals surface area contributed by atoms with Crippen molar-refractivity contribution in [2.45, 2.75) is 13.0 Å². The number of aromatic carboxylic acids is 1. The number of thiophene rings is 1. The Morgan fingerprint density at radius 2 is 1.39 bits per heavy atom. The number of fused-ring (bicyclic) bond motifs is 2. The first-order valence-corrected chi connectivity index (χ1v) is 14.1. The zero-order valence-corrected chi connectivity index (χ0v) is 22.9. The number of rotatable bonds is 7. The number of hydrogen-bond acceptors (Lipinski definition) is 4. The monoisotopic (exact) mass is 555 g/mol. The molecule has 0 fully saturated rings. The molecule has 1 heterocycles. The molecule has 1 aromatic heterocycles. The van der Waals surface area contributed by atoms with Gasteiger partial charge in [-0.15, -0.1) is 11.3 Å². The Labute approximate surface area is 240 Å². The minimum Gasteiger partial charge on any atom is -0.478 e. The van der Waals surface area contributed by atoms with Gasteiger partial charge in [-0.3, -0.25) is 9.59 Å². The van der Waals surface area contributed by atoms with Gasteiger partial charge in [0.2, 0.25) is 0 Å². The van der Waals surface area contributed by atoms with Crippen LogP contribution in [0.15, 0.2) is 115 Å². The fraction of sp³-hybridized carbons (Fsp3) is 0.0571. The molecule has 1 atom stereocenters. The van der Waals surface area contributed by atoms with Crippen LogP contribution in [-0.2, 0) is 0 Å². The zero-order chi connectivity index (χ0) is 28.5. The fourth-order valence-electron chi connectivity index (χ4n) is 5.07. The number of nitrogens with one attached hydrogen (secondary N) is 1. The molecular weight excluding hydrogens is 530 g/mol. The molecule has 6 aromatic rings.